The molecular weight excluding hydrogens is 246 g/mol. The van der Waals surface area contributed by atoms with Gasteiger partial charge in [-0.15, -0.1) is 0 Å². The standard InChI is InChI=1S/C14H9NO2S/c16-14(10-5-2-1-3-6-10)17-12-9-11-7-4-8-15-13(11)18-12/h1-9H. The van der Waals surface area contributed by atoms with Crippen LogP contribution in [0.4, 0.5) is 0 Å². The molecule has 88 valence electrons. The number of esters is 1. The Labute approximate surface area is 108 Å². The number of rotatable bonds is 2. The van der Waals surface area contributed by atoms with Gasteiger partial charge in [0.15, 0.2) is 5.06 Å². The summed E-state index contributed by atoms with van der Waals surface area (Å²) in [6.07, 6.45) is 1.72. The predicted octanol–water partition coefficient (Wildman–Crippen LogP) is 3.52. The van der Waals surface area contributed by atoms with Crippen LogP contribution in [0.2, 0.25) is 0 Å². The smallest absolute Gasteiger partial charge is 0.344 e. The van der Waals surface area contributed by atoms with E-state index in [1.807, 2.05) is 36.4 Å². The number of hydrogen-bond acceptors (Lipinski definition) is 4. The van der Waals surface area contributed by atoms with Gasteiger partial charge in [-0.05, 0) is 18.2 Å². The summed E-state index contributed by atoms with van der Waals surface area (Å²) >= 11 is 1.37. The largest absolute Gasteiger partial charge is 0.412 e. The van der Waals surface area contributed by atoms with Gasteiger partial charge in [-0.25, -0.2) is 9.78 Å². The van der Waals surface area contributed by atoms with Crippen molar-refractivity contribution in [2.75, 3.05) is 0 Å². The first kappa shape index (κ1) is 10.9. The van der Waals surface area contributed by atoms with E-state index in [0.29, 0.717) is 10.6 Å². The fourth-order valence-electron chi connectivity index (χ4n) is 1.62. The normalized spacial score (nSPS) is 10.4. The Bertz CT molecular complexity index is 658. The van der Waals surface area contributed by atoms with E-state index in [2.05, 4.69) is 4.98 Å². The minimum absolute atomic E-state index is 0.345. The second kappa shape index (κ2) is 4.58. The van der Waals surface area contributed by atoms with Crippen LogP contribution in [-0.2, 0) is 0 Å². The van der Waals surface area contributed by atoms with Crippen molar-refractivity contribution in [1.82, 2.24) is 4.98 Å². The van der Waals surface area contributed by atoms with Crippen LogP contribution >= 0.6 is 11.3 Å². The van der Waals surface area contributed by atoms with Gasteiger partial charge in [0.25, 0.3) is 0 Å². The van der Waals surface area contributed by atoms with Gasteiger partial charge < -0.3 is 4.74 Å². The molecule has 0 aliphatic heterocycles. The molecule has 0 atom stereocenters. The molecule has 0 bridgehead atoms. The van der Waals surface area contributed by atoms with E-state index in [9.17, 15) is 4.79 Å². The van der Waals surface area contributed by atoms with Gasteiger partial charge in [-0.1, -0.05) is 35.6 Å². The van der Waals surface area contributed by atoms with Gasteiger partial charge in [0.2, 0.25) is 0 Å². The summed E-state index contributed by atoms with van der Waals surface area (Å²) in [5.74, 6) is -0.345. The first-order valence-electron chi connectivity index (χ1n) is 5.45. The minimum atomic E-state index is -0.345. The van der Waals surface area contributed by atoms with Crippen molar-refractivity contribution in [3.63, 3.8) is 0 Å². The summed E-state index contributed by atoms with van der Waals surface area (Å²) in [7, 11) is 0. The van der Waals surface area contributed by atoms with Crippen LogP contribution in [0.25, 0.3) is 10.2 Å². The Kier molecular flexibility index (Phi) is 2.78. The van der Waals surface area contributed by atoms with E-state index in [0.717, 1.165) is 10.2 Å². The molecule has 2 aromatic heterocycles. The van der Waals surface area contributed by atoms with Crippen molar-refractivity contribution in [1.29, 1.82) is 0 Å². The molecule has 0 fully saturated rings. The molecular formula is C14H9NO2S. The van der Waals surface area contributed by atoms with Crippen LogP contribution in [0.5, 0.6) is 5.06 Å². The number of nitrogens with zero attached hydrogens (tertiary/aromatic N) is 1. The maximum atomic E-state index is 11.9. The zero-order valence-corrected chi connectivity index (χ0v) is 10.2. The highest BCUT2D eigenvalue weighted by atomic mass is 32.1. The Morgan fingerprint density at radius 2 is 1.94 bits per heavy atom. The lowest BCUT2D eigenvalue weighted by atomic mass is 10.2. The molecule has 0 spiro atoms. The van der Waals surface area contributed by atoms with E-state index < -0.39 is 0 Å². The number of aromatic nitrogens is 1. The number of benzene rings is 1. The third kappa shape index (κ3) is 2.10. The molecule has 3 aromatic rings. The average molecular weight is 255 g/mol. The van der Waals surface area contributed by atoms with Gasteiger partial charge in [0, 0.05) is 17.6 Å². The van der Waals surface area contributed by atoms with E-state index in [-0.39, 0.29) is 5.97 Å². The second-order valence-electron chi connectivity index (χ2n) is 3.72. The highest BCUT2D eigenvalue weighted by molar-refractivity contribution is 7.20. The first-order chi connectivity index (χ1) is 8.83. The summed E-state index contributed by atoms with van der Waals surface area (Å²) < 4.78 is 5.32. The Morgan fingerprint density at radius 3 is 2.72 bits per heavy atom. The topological polar surface area (TPSA) is 39.2 Å². The van der Waals surface area contributed by atoms with Crippen molar-refractivity contribution in [3.05, 3.63) is 60.3 Å². The highest BCUT2D eigenvalue weighted by Crippen LogP contribution is 2.30. The molecule has 0 saturated heterocycles. The van der Waals surface area contributed by atoms with Gasteiger partial charge in [0.1, 0.15) is 4.83 Å². The van der Waals surface area contributed by atoms with Crippen LogP contribution in [-0.4, -0.2) is 11.0 Å². The number of pyridine rings is 1. The first-order valence-corrected chi connectivity index (χ1v) is 6.26. The van der Waals surface area contributed by atoms with Gasteiger partial charge >= 0.3 is 5.97 Å². The Morgan fingerprint density at radius 1 is 1.11 bits per heavy atom. The Hall–Kier alpha value is -2.20. The van der Waals surface area contributed by atoms with Gasteiger partial charge in [-0.2, -0.15) is 0 Å². The summed E-state index contributed by atoms with van der Waals surface area (Å²) in [5.41, 5.74) is 0.544. The molecule has 0 saturated carbocycles. The second-order valence-corrected chi connectivity index (χ2v) is 4.71. The van der Waals surface area contributed by atoms with Gasteiger partial charge in [0.05, 0.1) is 5.56 Å². The molecule has 0 aliphatic carbocycles. The van der Waals surface area contributed by atoms with E-state index >= 15 is 0 Å². The highest BCUT2D eigenvalue weighted by Gasteiger charge is 2.10. The number of thiophene rings is 1. The van der Waals surface area contributed by atoms with Crippen molar-refractivity contribution in [2.24, 2.45) is 0 Å². The van der Waals surface area contributed by atoms with Crippen molar-refractivity contribution in [2.45, 2.75) is 0 Å². The number of ether oxygens (including phenoxy) is 1. The van der Waals surface area contributed by atoms with Crippen molar-refractivity contribution < 1.29 is 9.53 Å². The predicted molar refractivity (Wildman–Crippen MR) is 71.0 cm³/mol. The summed E-state index contributed by atoms with van der Waals surface area (Å²) in [4.78, 5) is 16.9. The lowest BCUT2D eigenvalue weighted by Crippen LogP contribution is -2.06. The van der Waals surface area contributed by atoms with E-state index in [1.54, 1.807) is 18.3 Å². The molecule has 4 heteroatoms. The fourth-order valence-corrected chi connectivity index (χ4v) is 2.48. The van der Waals surface area contributed by atoms with Gasteiger partial charge in [-0.3, -0.25) is 0 Å². The maximum absolute atomic E-state index is 11.9. The summed E-state index contributed by atoms with van der Waals surface area (Å²) in [6, 6.07) is 14.6. The quantitative estimate of drug-likeness (QED) is 0.658. The zero-order valence-electron chi connectivity index (χ0n) is 9.37. The third-order valence-electron chi connectivity index (χ3n) is 2.47. The molecule has 0 amide bonds. The SMILES string of the molecule is O=C(Oc1cc2cccnc2s1)c1ccccc1. The minimum Gasteiger partial charge on any atom is -0.412 e. The lowest BCUT2D eigenvalue weighted by Gasteiger charge is -1.99. The summed E-state index contributed by atoms with van der Waals surface area (Å²) in [6.45, 7) is 0. The van der Waals surface area contributed by atoms with Crippen LogP contribution < -0.4 is 4.74 Å². The average Bonchev–Trinajstić information content (AvgIpc) is 2.82. The molecule has 3 rings (SSSR count). The molecule has 3 nitrogen and oxygen atoms in total. The van der Waals surface area contributed by atoms with Crippen molar-refractivity contribution in [3.8, 4) is 5.06 Å². The lowest BCUT2D eigenvalue weighted by molar-refractivity contribution is 0.0741. The number of carbonyl (C=O) groups excluding carboxylic acids is 1. The number of fused-ring (bicyclic) bond motifs is 1. The van der Waals surface area contributed by atoms with Crippen LogP contribution in [0.3, 0.4) is 0 Å². The summed E-state index contributed by atoms with van der Waals surface area (Å²) in [5, 5.41) is 1.55. The molecule has 0 unspecified atom stereocenters. The third-order valence-corrected chi connectivity index (χ3v) is 3.41. The number of carbonyl (C=O) groups is 1. The molecule has 18 heavy (non-hydrogen) atoms. The molecule has 0 radical (unpaired) electrons. The van der Waals surface area contributed by atoms with Crippen LogP contribution in [0, 0.1) is 0 Å². The molecule has 2 heterocycles. The molecule has 0 N–H and O–H groups in total. The maximum Gasteiger partial charge on any atom is 0.344 e. The van der Waals surface area contributed by atoms with Crippen LogP contribution in [0.15, 0.2) is 54.7 Å². The fraction of sp³-hybridized carbons (Fsp3) is 0. The van der Waals surface area contributed by atoms with Crippen molar-refractivity contribution >= 4 is 27.5 Å². The van der Waals surface area contributed by atoms with Crippen LogP contribution in [0.1, 0.15) is 10.4 Å². The van der Waals surface area contributed by atoms with E-state index in [4.69, 9.17) is 4.74 Å². The monoisotopic (exact) mass is 255 g/mol. The molecule has 0 aliphatic rings. The Balaban J connectivity index is 1.86. The number of hydrogen-bond donors (Lipinski definition) is 0. The molecule has 1 aromatic carbocycles. The zero-order chi connectivity index (χ0) is 12.4. The van der Waals surface area contributed by atoms with E-state index in [1.165, 1.54) is 11.3 Å².